The van der Waals surface area contributed by atoms with Crippen molar-refractivity contribution in [3.63, 3.8) is 0 Å². The molecule has 0 radical (unpaired) electrons. The highest BCUT2D eigenvalue weighted by Crippen LogP contribution is 2.14. The number of carbonyl (C=O) groups is 1. The van der Waals surface area contributed by atoms with E-state index in [9.17, 15) is 13.6 Å². The zero-order valence-corrected chi connectivity index (χ0v) is 11.5. The van der Waals surface area contributed by atoms with Crippen molar-refractivity contribution >= 4 is 21.8 Å². The number of nitrogens with zero attached hydrogens (tertiary/aromatic N) is 1. The van der Waals surface area contributed by atoms with Crippen LogP contribution in [0.1, 0.15) is 17.4 Å². The van der Waals surface area contributed by atoms with Gasteiger partial charge in [0.2, 0.25) is 0 Å². The van der Waals surface area contributed by atoms with Crippen molar-refractivity contribution in [2.24, 2.45) is 0 Å². The van der Waals surface area contributed by atoms with Crippen molar-refractivity contribution in [3.05, 3.63) is 22.4 Å². The van der Waals surface area contributed by atoms with Crippen molar-refractivity contribution in [3.8, 4) is 0 Å². The standard InChI is InChI=1S/C11H15BrF2N2O2/c1-2-16-6-8(12)5-9(16)11(17)15-3-4-18-7-10(13)14/h5-6,10H,2-4,7H2,1H3,(H,15,17). The Labute approximate surface area is 112 Å². The van der Waals surface area contributed by atoms with Gasteiger partial charge >= 0.3 is 0 Å². The molecule has 0 atom stereocenters. The molecule has 0 aliphatic carbocycles. The maximum Gasteiger partial charge on any atom is 0.268 e. The molecule has 1 aromatic rings. The zero-order valence-electron chi connectivity index (χ0n) is 9.96. The van der Waals surface area contributed by atoms with E-state index in [1.165, 1.54) is 0 Å². The van der Waals surface area contributed by atoms with E-state index in [0.717, 1.165) is 4.47 Å². The third-order valence-electron chi connectivity index (χ3n) is 2.21. The molecule has 0 fully saturated rings. The number of aromatic nitrogens is 1. The van der Waals surface area contributed by atoms with Crippen LogP contribution in [0.25, 0.3) is 0 Å². The fraction of sp³-hybridized carbons (Fsp3) is 0.545. The summed E-state index contributed by atoms with van der Waals surface area (Å²) >= 11 is 3.29. The predicted molar refractivity (Wildman–Crippen MR) is 67.0 cm³/mol. The fourth-order valence-electron chi connectivity index (χ4n) is 1.43. The molecule has 0 unspecified atom stereocenters. The SMILES string of the molecule is CCn1cc(Br)cc1C(=O)NCCOCC(F)F. The van der Waals surface area contributed by atoms with Crippen LogP contribution in [0.5, 0.6) is 0 Å². The summed E-state index contributed by atoms with van der Waals surface area (Å²) in [5.41, 5.74) is 0.526. The number of nitrogens with one attached hydrogen (secondary N) is 1. The predicted octanol–water partition coefficient (Wildman–Crippen LogP) is 2.28. The summed E-state index contributed by atoms with van der Waals surface area (Å²) < 4.78 is 30.8. The molecule has 0 aliphatic heterocycles. The van der Waals surface area contributed by atoms with Crippen molar-refractivity contribution in [1.82, 2.24) is 9.88 Å². The van der Waals surface area contributed by atoms with Gasteiger partial charge in [0.25, 0.3) is 12.3 Å². The largest absolute Gasteiger partial charge is 0.374 e. The molecule has 18 heavy (non-hydrogen) atoms. The Balaban J connectivity index is 2.36. The highest BCUT2D eigenvalue weighted by atomic mass is 79.9. The van der Waals surface area contributed by atoms with Gasteiger partial charge in [0, 0.05) is 23.8 Å². The van der Waals surface area contributed by atoms with Crippen LogP contribution in [0.2, 0.25) is 0 Å². The molecule has 0 saturated heterocycles. The van der Waals surface area contributed by atoms with Gasteiger partial charge in [-0.05, 0) is 28.9 Å². The van der Waals surface area contributed by atoms with E-state index in [1.54, 1.807) is 10.6 Å². The average molecular weight is 325 g/mol. The first kappa shape index (κ1) is 15.1. The molecule has 0 aromatic carbocycles. The Kier molecular flexibility index (Phi) is 6.28. The average Bonchev–Trinajstić information content (AvgIpc) is 2.69. The Hall–Kier alpha value is -0.950. The van der Waals surface area contributed by atoms with Crippen LogP contribution >= 0.6 is 15.9 Å². The van der Waals surface area contributed by atoms with Crippen LogP contribution in [0.4, 0.5) is 8.78 Å². The second-order valence-corrected chi connectivity index (χ2v) is 4.47. The first-order valence-corrected chi connectivity index (χ1v) is 6.33. The van der Waals surface area contributed by atoms with E-state index in [4.69, 9.17) is 0 Å². The summed E-state index contributed by atoms with van der Waals surface area (Å²) in [5, 5.41) is 2.61. The number of aryl methyl sites for hydroxylation is 1. The zero-order chi connectivity index (χ0) is 13.5. The lowest BCUT2D eigenvalue weighted by Gasteiger charge is -2.08. The molecule has 1 N–H and O–H groups in total. The number of hydrogen-bond acceptors (Lipinski definition) is 2. The number of hydrogen-bond donors (Lipinski definition) is 1. The quantitative estimate of drug-likeness (QED) is 0.782. The smallest absolute Gasteiger partial charge is 0.268 e. The minimum absolute atomic E-state index is 0.0735. The van der Waals surface area contributed by atoms with Crippen molar-refractivity contribution in [2.75, 3.05) is 19.8 Å². The van der Waals surface area contributed by atoms with Crippen LogP contribution in [0.15, 0.2) is 16.7 Å². The molecule has 0 bridgehead atoms. The molecule has 0 spiro atoms. The van der Waals surface area contributed by atoms with Crippen molar-refractivity contribution in [1.29, 1.82) is 0 Å². The minimum atomic E-state index is -2.48. The molecule has 7 heteroatoms. The highest BCUT2D eigenvalue weighted by molar-refractivity contribution is 9.10. The summed E-state index contributed by atoms with van der Waals surface area (Å²) in [6.07, 6.45) is -0.670. The fourth-order valence-corrected chi connectivity index (χ4v) is 1.89. The second-order valence-electron chi connectivity index (χ2n) is 3.55. The molecule has 1 heterocycles. The van der Waals surface area contributed by atoms with Gasteiger partial charge in [-0.3, -0.25) is 4.79 Å². The molecule has 102 valence electrons. The van der Waals surface area contributed by atoms with E-state index in [-0.39, 0.29) is 19.1 Å². The summed E-state index contributed by atoms with van der Waals surface area (Å²) in [4.78, 5) is 11.8. The van der Waals surface area contributed by atoms with E-state index >= 15 is 0 Å². The molecule has 1 rings (SSSR count). The van der Waals surface area contributed by atoms with E-state index in [1.807, 2.05) is 13.1 Å². The van der Waals surface area contributed by atoms with E-state index < -0.39 is 13.0 Å². The number of rotatable bonds is 7. The molecule has 1 amide bonds. The molecule has 0 saturated carbocycles. The number of alkyl halides is 2. The summed E-state index contributed by atoms with van der Waals surface area (Å²) in [7, 11) is 0. The van der Waals surface area contributed by atoms with Gasteiger partial charge in [-0.15, -0.1) is 0 Å². The Morgan fingerprint density at radius 2 is 2.33 bits per heavy atom. The lowest BCUT2D eigenvalue weighted by molar-refractivity contribution is 0.0188. The molecule has 0 aliphatic rings. The number of carbonyl (C=O) groups excluding carboxylic acids is 1. The van der Waals surface area contributed by atoms with Crippen LogP contribution in [0.3, 0.4) is 0 Å². The van der Waals surface area contributed by atoms with Crippen LogP contribution < -0.4 is 5.32 Å². The Morgan fingerprint density at radius 1 is 1.61 bits per heavy atom. The summed E-state index contributed by atoms with van der Waals surface area (Å²) in [6, 6.07) is 1.71. The molecule has 1 aromatic heterocycles. The van der Waals surface area contributed by atoms with E-state index in [0.29, 0.717) is 12.2 Å². The topological polar surface area (TPSA) is 43.3 Å². The molecular weight excluding hydrogens is 310 g/mol. The van der Waals surface area contributed by atoms with Gasteiger partial charge in [0.1, 0.15) is 12.3 Å². The molecular formula is C11H15BrF2N2O2. The maximum absolute atomic E-state index is 11.8. The van der Waals surface area contributed by atoms with Crippen molar-refractivity contribution < 1.29 is 18.3 Å². The maximum atomic E-state index is 11.8. The van der Waals surface area contributed by atoms with Gasteiger partial charge in [-0.25, -0.2) is 8.78 Å². The monoisotopic (exact) mass is 324 g/mol. The van der Waals surface area contributed by atoms with Crippen molar-refractivity contribution in [2.45, 2.75) is 19.9 Å². The summed E-state index contributed by atoms with van der Waals surface area (Å²) in [5.74, 6) is -0.247. The van der Waals surface area contributed by atoms with Crippen LogP contribution in [0, 0.1) is 0 Å². The lowest BCUT2D eigenvalue weighted by atomic mass is 10.4. The number of amides is 1. The number of ether oxygens (including phenoxy) is 1. The van der Waals surface area contributed by atoms with E-state index in [2.05, 4.69) is 26.0 Å². The van der Waals surface area contributed by atoms with Gasteiger partial charge in [0.15, 0.2) is 0 Å². The first-order valence-electron chi connectivity index (χ1n) is 5.54. The third kappa shape index (κ3) is 4.73. The Morgan fingerprint density at radius 3 is 2.94 bits per heavy atom. The molecule has 4 nitrogen and oxygen atoms in total. The number of halogens is 3. The second kappa shape index (κ2) is 7.48. The van der Waals surface area contributed by atoms with Crippen LogP contribution in [-0.2, 0) is 11.3 Å². The van der Waals surface area contributed by atoms with Gasteiger partial charge in [0.05, 0.1) is 6.61 Å². The van der Waals surface area contributed by atoms with Gasteiger partial charge in [-0.2, -0.15) is 0 Å². The third-order valence-corrected chi connectivity index (χ3v) is 2.65. The summed E-state index contributed by atoms with van der Waals surface area (Å²) in [6.45, 7) is 2.28. The van der Waals surface area contributed by atoms with Crippen LogP contribution in [-0.4, -0.2) is 36.7 Å². The van der Waals surface area contributed by atoms with Gasteiger partial charge in [-0.1, -0.05) is 0 Å². The first-order chi connectivity index (χ1) is 8.54. The lowest BCUT2D eigenvalue weighted by Crippen LogP contribution is -2.29. The normalized spacial score (nSPS) is 10.9. The van der Waals surface area contributed by atoms with Gasteiger partial charge < -0.3 is 14.6 Å². The minimum Gasteiger partial charge on any atom is -0.374 e. The highest BCUT2D eigenvalue weighted by Gasteiger charge is 2.11. The Bertz CT molecular complexity index is 396.